The first-order valence-corrected chi connectivity index (χ1v) is 7.79. The van der Waals surface area contributed by atoms with E-state index in [1.54, 1.807) is 7.05 Å². The lowest BCUT2D eigenvalue weighted by atomic mass is 10.7. The fourth-order valence-electron chi connectivity index (χ4n) is 1.07. The lowest BCUT2D eigenvalue weighted by Crippen LogP contribution is -2.58. The van der Waals surface area contributed by atoms with Crippen LogP contribution in [0.25, 0.3) is 0 Å². The van der Waals surface area contributed by atoms with Crippen LogP contribution in [-0.2, 0) is 9.53 Å². The number of carbonyl (C=O) groups is 2. The molecule has 0 aliphatic heterocycles. The Morgan fingerprint density at radius 3 is 1.86 bits per heavy atom. The normalized spacial score (nSPS) is 10.7. The number of carbonyl (C=O) groups excluding carboxylic acids is 2. The van der Waals surface area contributed by atoms with Crippen LogP contribution in [0.2, 0.25) is 19.6 Å². The van der Waals surface area contributed by atoms with Crippen molar-refractivity contribution in [1.82, 2.24) is 9.68 Å². The van der Waals surface area contributed by atoms with E-state index < -0.39 is 14.3 Å². The average Bonchev–Trinajstić information content (AvgIpc) is 2.01. The third-order valence-corrected chi connectivity index (χ3v) is 3.49. The molecule has 5 nitrogen and oxygen atoms in total. The van der Waals surface area contributed by atoms with E-state index in [4.69, 9.17) is 0 Å². The van der Waals surface area contributed by atoms with E-state index in [2.05, 4.69) is 4.74 Å². The Labute approximate surface area is 85.7 Å². The van der Waals surface area contributed by atoms with E-state index in [9.17, 15) is 9.59 Å². The molecule has 14 heavy (non-hydrogen) atoms. The first-order chi connectivity index (χ1) is 6.21. The van der Waals surface area contributed by atoms with Crippen molar-refractivity contribution in [2.75, 3.05) is 14.2 Å². The van der Waals surface area contributed by atoms with Gasteiger partial charge in [0.2, 0.25) is 5.91 Å². The Bertz CT molecular complexity index is 237. The number of methoxy groups -OCH3 is 1. The average molecular weight is 218 g/mol. The van der Waals surface area contributed by atoms with Crippen LogP contribution in [0.3, 0.4) is 0 Å². The maximum absolute atomic E-state index is 11.4. The third-order valence-electron chi connectivity index (χ3n) is 1.74. The maximum atomic E-state index is 11.4. The summed E-state index contributed by atoms with van der Waals surface area (Å²) in [5, 5.41) is 1.30. The minimum atomic E-state index is -1.93. The lowest BCUT2D eigenvalue weighted by Gasteiger charge is -2.38. The topological polar surface area (TPSA) is 49.9 Å². The van der Waals surface area contributed by atoms with Gasteiger partial charge in [0.1, 0.15) is 0 Å². The largest absolute Gasteiger partial charge is 0.452 e. The molecule has 6 heteroatoms. The van der Waals surface area contributed by atoms with Gasteiger partial charge in [-0.25, -0.2) is 9.47 Å². The molecular formula is C8H18N2O3Si. The Morgan fingerprint density at radius 2 is 1.64 bits per heavy atom. The van der Waals surface area contributed by atoms with Crippen molar-refractivity contribution in [2.24, 2.45) is 0 Å². The van der Waals surface area contributed by atoms with Gasteiger partial charge < -0.3 is 4.74 Å². The molecule has 0 aromatic carbocycles. The Kier molecular flexibility index (Phi) is 4.12. The molecule has 0 aromatic heterocycles. The number of nitrogens with zero attached hydrogens (tertiary/aromatic N) is 2. The number of rotatable bonds is 1. The Balaban J connectivity index is 4.92. The summed E-state index contributed by atoms with van der Waals surface area (Å²) in [6.07, 6.45) is -0.484. The number of hydrogen-bond acceptors (Lipinski definition) is 3. The van der Waals surface area contributed by atoms with Gasteiger partial charge in [0, 0.05) is 14.0 Å². The summed E-state index contributed by atoms with van der Waals surface area (Å²) in [6, 6.07) is 0. The number of hydrogen-bond donors (Lipinski definition) is 0. The molecule has 2 amide bonds. The van der Waals surface area contributed by atoms with Gasteiger partial charge in [-0.2, -0.15) is 0 Å². The Morgan fingerprint density at radius 1 is 1.21 bits per heavy atom. The minimum Gasteiger partial charge on any atom is -0.452 e. The standard InChI is InChI=1S/C8H18N2O3Si/c1-7(11)9(2)10(8(12)13-3)14(4,5)6/h1-6H3. The van der Waals surface area contributed by atoms with Crippen LogP contribution >= 0.6 is 0 Å². The summed E-state index contributed by atoms with van der Waals surface area (Å²) in [6.45, 7) is 7.30. The van der Waals surface area contributed by atoms with E-state index in [1.807, 2.05) is 19.6 Å². The molecule has 0 fully saturated rings. The van der Waals surface area contributed by atoms with Crippen LogP contribution in [0.1, 0.15) is 6.92 Å². The number of ether oxygens (including phenoxy) is 1. The first-order valence-electron chi connectivity index (χ1n) is 4.34. The lowest BCUT2D eigenvalue weighted by molar-refractivity contribution is -0.135. The molecule has 0 bridgehead atoms. The van der Waals surface area contributed by atoms with Crippen LogP contribution < -0.4 is 0 Å². The van der Waals surface area contributed by atoms with Gasteiger partial charge in [-0.1, -0.05) is 0 Å². The molecule has 0 aliphatic rings. The predicted octanol–water partition coefficient (Wildman–Crippen LogP) is 1.28. The first kappa shape index (κ1) is 13.0. The molecule has 0 heterocycles. The molecule has 0 spiro atoms. The zero-order valence-electron chi connectivity index (χ0n) is 9.62. The molecular weight excluding hydrogens is 200 g/mol. The molecule has 0 aromatic rings. The van der Waals surface area contributed by atoms with Gasteiger partial charge in [-0.15, -0.1) is 0 Å². The van der Waals surface area contributed by atoms with E-state index in [-0.39, 0.29) is 5.91 Å². The van der Waals surface area contributed by atoms with Gasteiger partial charge in [-0.3, -0.25) is 9.80 Å². The van der Waals surface area contributed by atoms with Crippen LogP contribution in [-0.4, -0.2) is 44.1 Å². The summed E-state index contributed by atoms with van der Waals surface area (Å²) in [5.41, 5.74) is 0. The van der Waals surface area contributed by atoms with Gasteiger partial charge in [-0.05, 0) is 19.6 Å². The van der Waals surface area contributed by atoms with Crippen molar-refractivity contribution in [3.63, 3.8) is 0 Å². The van der Waals surface area contributed by atoms with Gasteiger partial charge in [0.25, 0.3) is 0 Å². The van der Waals surface area contributed by atoms with E-state index in [1.165, 1.54) is 23.7 Å². The molecule has 0 radical (unpaired) electrons. The van der Waals surface area contributed by atoms with E-state index >= 15 is 0 Å². The van der Waals surface area contributed by atoms with Crippen LogP contribution in [0, 0.1) is 0 Å². The van der Waals surface area contributed by atoms with Crippen LogP contribution in [0.4, 0.5) is 4.79 Å². The highest BCUT2D eigenvalue weighted by Crippen LogP contribution is 2.13. The molecule has 82 valence electrons. The summed E-state index contributed by atoms with van der Waals surface area (Å²) in [4.78, 5) is 22.6. The molecule has 0 unspecified atom stereocenters. The molecule has 0 rings (SSSR count). The highest BCUT2D eigenvalue weighted by molar-refractivity contribution is 6.75. The molecule has 0 saturated heterocycles. The molecule has 0 N–H and O–H groups in total. The fraction of sp³-hybridized carbons (Fsp3) is 0.750. The maximum Gasteiger partial charge on any atom is 0.420 e. The van der Waals surface area contributed by atoms with Gasteiger partial charge in [0.15, 0.2) is 8.24 Å². The van der Waals surface area contributed by atoms with Crippen molar-refractivity contribution < 1.29 is 14.3 Å². The van der Waals surface area contributed by atoms with Crippen molar-refractivity contribution in [2.45, 2.75) is 26.6 Å². The number of hydrazine groups is 1. The summed E-state index contributed by atoms with van der Waals surface area (Å²) in [7, 11) is 0.943. The van der Waals surface area contributed by atoms with Crippen LogP contribution in [0.15, 0.2) is 0 Å². The Hall–Kier alpha value is -1.04. The molecule has 0 atom stereocenters. The van der Waals surface area contributed by atoms with E-state index in [0.29, 0.717) is 0 Å². The van der Waals surface area contributed by atoms with Crippen molar-refractivity contribution in [1.29, 1.82) is 0 Å². The molecule has 0 aliphatic carbocycles. The van der Waals surface area contributed by atoms with Crippen molar-refractivity contribution >= 4 is 20.2 Å². The third kappa shape index (κ3) is 3.02. The zero-order chi connectivity index (χ0) is 11.5. The smallest absolute Gasteiger partial charge is 0.420 e. The minimum absolute atomic E-state index is 0.183. The van der Waals surface area contributed by atoms with Crippen molar-refractivity contribution in [3.8, 4) is 0 Å². The highest BCUT2D eigenvalue weighted by Gasteiger charge is 2.34. The fourth-order valence-corrected chi connectivity index (χ4v) is 2.75. The van der Waals surface area contributed by atoms with Crippen LogP contribution in [0.5, 0.6) is 0 Å². The second-order valence-corrected chi connectivity index (χ2v) is 8.76. The second-order valence-electron chi connectivity index (χ2n) is 4.00. The van der Waals surface area contributed by atoms with E-state index in [0.717, 1.165) is 0 Å². The zero-order valence-corrected chi connectivity index (χ0v) is 10.6. The summed E-state index contributed by atoms with van der Waals surface area (Å²) < 4.78 is 6.05. The summed E-state index contributed by atoms with van der Waals surface area (Å²) in [5.74, 6) is -0.183. The highest BCUT2D eigenvalue weighted by atomic mass is 28.3. The monoisotopic (exact) mass is 218 g/mol. The predicted molar refractivity (Wildman–Crippen MR) is 56.0 cm³/mol. The number of amides is 2. The summed E-state index contributed by atoms with van der Waals surface area (Å²) >= 11 is 0. The van der Waals surface area contributed by atoms with Gasteiger partial charge >= 0.3 is 6.09 Å². The second kappa shape index (κ2) is 4.45. The quantitative estimate of drug-likeness (QED) is 0.492. The SMILES string of the molecule is COC(=O)N(N(C)C(C)=O)[Si](C)(C)C. The van der Waals surface area contributed by atoms with Crippen molar-refractivity contribution in [3.05, 3.63) is 0 Å². The van der Waals surface area contributed by atoms with Gasteiger partial charge in [0.05, 0.1) is 7.11 Å². The molecule has 0 saturated carbocycles.